The van der Waals surface area contributed by atoms with Crippen molar-refractivity contribution in [3.8, 4) is 11.4 Å². The van der Waals surface area contributed by atoms with E-state index in [1.807, 2.05) is 17.9 Å². The van der Waals surface area contributed by atoms with Crippen molar-refractivity contribution in [3.05, 3.63) is 28.3 Å². The van der Waals surface area contributed by atoms with Crippen LogP contribution in [0.1, 0.15) is 25.7 Å². The van der Waals surface area contributed by atoms with Crippen LogP contribution in [0.4, 0.5) is 11.4 Å². The van der Waals surface area contributed by atoms with Crippen LogP contribution in [0, 0.1) is 10.1 Å². The standard InChI is InChI=1S/C16H21N5O2S/c1-19-15(17-18-16(19)24-2)13-8-7-12(21(22)23)11-14(13)20-9-5-3-4-6-10-20/h7-8,11H,3-6,9-10H2,1-2H3. The van der Waals surface area contributed by atoms with E-state index in [9.17, 15) is 10.1 Å². The topological polar surface area (TPSA) is 77.1 Å². The molecule has 0 spiro atoms. The van der Waals surface area contributed by atoms with Crippen LogP contribution >= 0.6 is 11.8 Å². The number of hydrogen-bond acceptors (Lipinski definition) is 6. The van der Waals surface area contributed by atoms with Gasteiger partial charge in [-0.1, -0.05) is 24.6 Å². The molecule has 1 aromatic heterocycles. The van der Waals surface area contributed by atoms with Gasteiger partial charge in [0.25, 0.3) is 5.69 Å². The number of nitro benzene ring substituents is 1. The third-order valence-electron chi connectivity index (χ3n) is 4.40. The maximum Gasteiger partial charge on any atom is 0.271 e. The van der Waals surface area contributed by atoms with Crippen LogP contribution in [-0.4, -0.2) is 39.0 Å². The molecule has 0 radical (unpaired) electrons. The average molecular weight is 347 g/mol. The van der Waals surface area contributed by atoms with Crippen molar-refractivity contribution in [2.45, 2.75) is 30.8 Å². The van der Waals surface area contributed by atoms with Crippen LogP contribution in [0.3, 0.4) is 0 Å². The molecule has 0 amide bonds. The molecule has 1 aromatic carbocycles. The average Bonchev–Trinajstić information content (AvgIpc) is 2.78. The molecule has 0 atom stereocenters. The number of nitrogens with zero attached hydrogens (tertiary/aromatic N) is 5. The molecule has 24 heavy (non-hydrogen) atoms. The van der Waals surface area contributed by atoms with Crippen LogP contribution in [0.25, 0.3) is 11.4 Å². The highest BCUT2D eigenvalue weighted by molar-refractivity contribution is 7.98. The number of nitro groups is 1. The lowest BCUT2D eigenvalue weighted by atomic mass is 10.1. The summed E-state index contributed by atoms with van der Waals surface area (Å²) in [6.07, 6.45) is 6.59. The molecule has 0 N–H and O–H groups in total. The van der Waals surface area contributed by atoms with Crippen molar-refractivity contribution >= 4 is 23.1 Å². The van der Waals surface area contributed by atoms with E-state index >= 15 is 0 Å². The summed E-state index contributed by atoms with van der Waals surface area (Å²) in [7, 11) is 1.93. The predicted octanol–water partition coefficient (Wildman–Crippen LogP) is 3.49. The first kappa shape index (κ1) is 16.8. The Morgan fingerprint density at radius 2 is 1.88 bits per heavy atom. The second kappa shape index (κ2) is 7.21. The number of non-ortho nitro benzene ring substituents is 1. The monoisotopic (exact) mass is 347 g/mol. The summed E-state index contributed by atoms with van der Waals surface area (Å²) in [5.41, 5.74) is 1.90. The van der Waals surface area contributed by atoms with Gasteiger partial charge in [-0.3, -0.25) is 10.1 Å². The van der Waals surface area contributed by atoms with Gasteiger partial charge in [0.2, 0.25) is 0 Å². The molecular formula is C16H21N5O2S. The largest absolute Gasteiger partial charge is 0.371 e. The Hall–Kier alpha value is -2.09. The Labute approximate surface area is 145 Å². The van der Waals surface area contributed by atoms with Gasteiger partial charge in [0.05, 0.1) is 10.6 Å². The maximum absolute atomic E-state index is 11.2. The minimum Gasteiger partial charge on any atom is -0.371 e. The molecule has 1 aliphatic rings. The molecule has 2 aromatic rings. The third kappa shape index (κ3) is 3.24. The Bertz CT molecular complexity index is 738. The van der Waals surface area contributed by atoms with E-state index in [0.29, 0.717) is 0 Å². The maximum atomic E-state index is 11.2. The van der Waals surface area contributed by atoms with Crippen LogP contribution in [-0.2, 0) is 7.05 Å². The summed E-state index contributed by atoms with van der Waals surface area (Å²) in [6.45, 7) is 1.84. The zero-order valence-electron chi connectivity index (χ0n) is 13.9. The Morgan fingerprint density at radius 3 is 2.46 bits per heavy atom. The summed E-state index contributed by atoms with van der Waals surface area (Å²) in [5, 5.41) is 20.5. The molecule has 0 saturated carbocycles. The fourth-order valence-corrected chi connectivity index (χ4v) is 3.61. The summed E-state index contributed by atoms with van der Waals surface area (Å²) in [4.78, 5) is 13.1. The summed E-state index contributed by atoms with van der Waals surface area (Å²) < 4.78 is 1.94. The van der Waals surface area contributed by atoms with Crippen LogP contribution in [0.5, 0.6) is 0 Å². The van der Waals surface area contributed by atoms with Crippen molar-refractivity contribution in [2.75, 3.05) is 24.2 Å². The van der Waals surface area contributed by atoms with Gasteiger partial charge >= 0.3 is 0 Å². The second-order valence-corrected chi connectivity index (χ2v) is 6.70. The lowest BCUT2D eigenvalue weighted by molar-refractivity contribution is -0.384. The second-order valence-electron chi connectivity index (χ2n) is 5.93. The highest BCUT2D eigenvalue weighted by Gasteiger charge is 2.21. The molecule has 7 nitrogen and oxygen atoms in total. The SMILES string of the molecule is CSc1nnc(-c2ccc([N+](=O)[O-])cc2N2CCCCCC2)n1C. The molecule has 2 heterocycles. The lowest BCUT2D eigenvalue weighted by Crippen LogP contribution is -2.24. The molecule has 0 unspecified atom stereocenters. The van der Waals surface area contributed by atoms with E-state index < -0.39 is 0 Å². The smallest absolute Gasteiger partial charge is 0.271 e. The van der Waals surface area contributed by atoms with Crippen LogP contribution in [0.15, 0.2) is 23.4 Å². The van der Waals surface area contributed by atoms with Gasteiger partial charge in [0.1, 0.15) is 0 Å². The normalized spacial score (nSPS) is 15.3. The van der Waals surface area contributed by atoms with E-state index in [4.69, 9.17) is 0 Å². The molecule has 1 saturated heterocycles. The van der Waals surface area contributed by atoms with Crippen molar-refractivity contribution in [3.63, 3.8) is 0 Å². The molecular weight excluding hydrogens is 326 g/mol. The van der Waals surface area contributed by atoms with Crippen LogP contribution in [0.2, 0.25) is 0 Å². The number of aromatic nitrogens is 3. The van der Waals surface area contributed by atoms with E-state index in [1.54, 1.807) is 18.2 Å². The molecule has 0 bridgehead atoms. The zero-order valence-corrected chi connectivity index (χ0v) is 14.8. The van der Waals surface area contributed by atoms with E-state index in [-0.39, 0.29) is 10.6 Å². The fraction of sp³-hybridized carbons (Fsp3) is 0.500. The molecule has 1 aliphatic heterocycles. The van der Waals surface area contributed by atoms with Gasteiger partial charge in [0.15, 0.2) is 11.0 Å². The Kier molecular flexibility index (Phi) is 5.03. The summed E-state index contributed by atoms with van der Waals surface area (Å²) >= 11 is 1.53. The number of rotatable bonds is 4. The van der Waals surface area contributed by atoms with Crippen molar-refractivity contribution in [1.29, 1.82) is 0 Å². The molecule has 3 rings (SSSR count). The predicted molar refractivity (Wildman–Crippen MR) is 95.6 cm³/mol. The first-order valence-electron chi connectivity index (χ1n) is 8.09. The van der Waals surface area contributed by atoms with Gasteiger partial charge in [-0.2, -0.15) is 0 Å². The lowest BCUT2D eigenvalue weighted by Gasteiger charge is -2.25. The summed E-state index contributed by atoms with van der Waals surface area (Å²) in [5.74, 6) is 0.744. The number of anilines is 1. The Morgan fingerprint density at radius 1 is 1.17 bits per heavy atom. The van der Waals surface area contributed by atoms with Gasteiger partial charge in [0, 0.05) is 37.8 Å². The first-order chi connectivity index (χ1) is 11.6. The van der Waals surface area contributed by atoms with E-state index in [1.165, 1.54) is 24.6 Å². The zero-order chi connectivity index (χ0) is 17.1. The highest BCUT2D eigenvalue weighted by atomic mass is 32.2. The highest BCUT2D eigenvalue weighted by Crippen LogP contribution is 2.35. The van der Waals surface area contributed by atoms with E-state index in [2.05, 4.69) is 15.1 Å². The summed E-state index contributed by atoms with van der Waals surface area (Å²) in [6, 6.07) is 5.02. The number of hydrogen-bond donors (Lipinski definition) is 0. The van der Waals surface area contributed by atoms with Gasteiger partial charge in [-0.15, -0.1) is 10.2 Å². The number of thioether (sulfide) groups is 1. The quantitative estimate of drug-likeness (QED) is 0.479. The molecule has 1 fully saturated rings. The minimum atomic E-state index is -0.338. The fourth-order valence-electron chi connectivity index (χ4n) is 3.12. The molecule has 8 heteroatoms. The van der Waals surface area contributed by atoms with Gasteiger partial charge in [-0.05, 0) is 25.2 Å². The first-order valence-corrected chi connectivity index (χ1v) is 9.31. The van der Waals surface area contributed by atoms with Gasteiger partial charge in [-0.25, -0.2) is 0 Å². The molecule has 128 valence electrons. The third-order valence-corrected chi connectivity index (χ3v) is 5.12. The van der Waals surface area contributed by atoms with Crippen LogP contribution < -0.4 is 4.90 Å². The molecule has 0 aliphatic carbocycles. The van der Waals surface area contributed by atoms with E-state index in [0.717, 1.165) is 48.2 Å². The van der Waals surface area contributed by atoms with Crippen molar-refractivity contribution in [1.82, 2.24) is 14.8 Å². The Balaban J connectivity index is 2.10. The van der Waals surface area contributed by atoms with Crippen molar-refractivity contribution in [2.24, 2.45) is 7.05 Å². The van der Waals surface area contributed by atoms with Crippen molar-refractivity contribution < 1.29 is 4.92 Å². The van der Waals surface area contributed by atoms with Gasteiger partial charge < -0.3 is 9.47 Å². The minimum absolute atomic E-state index is 0.116. The number of benzene rings is 1.